The summed E-state index contributed by atoms with van der Waals surface area (Å²) in [4.78, 5) is 58.8. The molecule has 6 fully saturated rings. The minimum Gasteiger partial charge on any atom is -0.492 e. The molecule has 6 aliphatic heterocycles. The number of hydrogen-bond donors (Lipinski definition) is 25. The van der Waals surface area contributed by atoms with Crippen molar-refractivity contribution in [1.82, 2.24) is 25.6 Å². The van der Waals surface area contributed by atoms with Crippen LogP contribution in [-0.4, -0.2) is 422 Å². The van der Waals surface area contributed by atoms with Crippen molar-refractivity contribution >= 4 is 23.7 Å². The van der Waals surface area contributed by atoms with E-state index in [1.54, 1.807) is 0 Å². The van der Waals surface area contributed by atoms with Crippen molar-refractivity contribution in [2.75, 3.05) is 92.1 Å². The van der Waals surface area contributed by atoms with E-state index in [1.165, 1.54) is 0 Å². The number of nitrogens with one attached hydrogen (secondary N) is 3. The van der Waals surface area contributed by atoms with Gasteiger partial charge in [0.25, 0.3) is 0 Å². The van der Waals surface area contributed by atoms with Crippen molar-refractivity contribution in [2.45, 2.75) is 210 Å². The Bertz CT molecular complexity index is 2510. The summed E-state index contributed by atoms with van der Waals surface area (Å²) in [6, 6.07) is 2.19. The van der Waals surface area contributed by atoms with Gasteiger partial charge in [0, 0.05) is 38.2 Å². The number of carbonyl (C=O) groups excluding carboxylic acids is 4. The molecular formula is C56H93N5O39. The largest absolute Gasteiger partial charge is 0.492 e. The highest BCUT2D eigenvalue weighted by Gasteiger charge is 2.55. The first kappa shape index (κ1) is 82.7. The summed E-state index contributed by atoms with van der Waals surface area (Å²) in [5.74, 6) is -4.27. The zero-order valence-corrected chi connectivity index (χ0v) is 53.4. The summed E-state index contributed by atoms with van der Waals surface area (Å²) < 4.78 is 67.6. The van der Waals surface area contributed by atoms with Crippen molar-refractivity contribution < 1.29 is 193 Å². The van der Waals surface area contributed by atoms with E-state index in [-0.39, 0.29) is 19.4 Å². The number of nitrogens with zero attached hydrogens (tertiary/aromatic N) is 2. The first-order valence-corrected chi connectivity index (χ1v) is 31.9. The molecule has 6 aliphatic rings. The number of ether oxygens (including phenoxy) is 12. The molecule has 0 aromatic carbocycles. The Labute approximate surface area is 567 Å². The van der Waals surface area contributed by atoms with E-state index in [1.807, 2.05) is 0 Å². The highest BCUT2D eigenvalue weighted by molar-refractivity contribution is 5.84. The number of aliphatic hydroxyl groups is 20. The van der Waals surface area contributed by atoms with E-state index in [0.29, 0.717) is 17.6 Å². The van der Waals surface area contributed by atoms with Gasteiger partial charge >= 0.3 is 5.97 Å². The first-order chi connectivity index (χ1) is 47.5. The molecule has 0 aliphatic carbocycles. The quantitative estimate of drug-likeness (QED) is 0.0281. The maximum absolute atomic E-state index is 13.6. The summed E-state index contributed by atoms with van der Waals surface area (Å²) >= 11 is 0. The van der Waals surface area contributed by atoms with E-state index < -0.39 is 305 Å². The van der Waals surface area contributed by atoms with Gasteiger partial charge in [0.2, 0.25) is 29.5 Å². The molecule has 100 heavy (non-hydrogen) atoms. The van der Waals surface area contributed by atoms with Crippen LogP contribution in [0.15, 0.2) is 12.1 Å². The van der Waals surface area contributed by atoms with Gasteiger partial charge in [-0.3, -0.25) is 19.3 Å². The van der Waals surface area contributed by atoms with E-state index in [2.05, 4.69) is 16.0 Å². The topological polar surface area (TPSA) is 678 Å². The monoisotopic (exact) mass is 1460 g/mol. The molecule has 44 nitrogen and oxygen atoms in total. The van der Waals surface area contributed by atoms with Crippen LogP contribution in [0.4, 0.5) is 0 Å². The summed E-state index contributed by atoms with van der Waals surface area (Å²) in [6.45, 7) is -8.97. The third kappa shape index (κ3) is 21.3. The van der Waals surface area contributed by atoms with Crippen LogP contribution in [0, 0.1) is 0 Å². The standard InChI is InChI=1S/C56H93N5O39/c62-15-21-33(72)39(78)43(82)51(92-21)90-19-25-37(76)49(98-55-45(84)41(80)35(74)23(17-64)94-55)47(86)53(96-25)88-10-8-58-28(67)13-60(12-27(66)57-7-3-1-2-4-32(71)100-61-30(69)5-6-31(61)70)14-29(68)59-9-11-89-54-48(87)50(99-56-46(85)42(81)36(75)24(18-65)95-56)38(77)26(97-54)20-91-52-44(83)40(79)34(73)22(16-63)93-52/h5-6,21-26,33-56,62-65,69-70,72-87H,1-4,7-20H2,(H,57,66)(H,58,67)(H,59,68). The third-order valence-electron chi connectivity index (χ3n) is 17.0. The molecule has 7 rings (SSSR count). The Hall–Kier alpha value is -4.56. The summed E-state index contributed by atoms with van der Waals surface area (Å²) in [5.41, 5.74) is 0. The van der Waals surface area contributed by atoms with Gasteiger partial charge in [-0.25, -0.2) is 4.79 Å². The normalized spacial score (nSPS) is 39.5. The number of aromatic nitrogens is 1. The third-order valence-corrected chi connectivity index (χ3v) is 17.0. The highest BCUT2D eigenvalue weighted by atomic mass is 16.8. The lowest BCUT2D eigenvalue weighted by Gasteiger charge is -2.46. The zero-order chi connectivity index (χ0) is 73.4. The van der Waals surface area contributed by atoms with Gasteiger partial charge in [-0.1, -0.05) is 6.42 Å². The molecule has 7 heterocycles. The minimum atomic E-state index is -2.05. The van der Waals surface area contributed by atoms with E-state index in [9.17, 15) is 132 Å². The van der Waals surface area contributed by atoms with Crippen LogP contribution < -0.4 is 20.8 Å². The van der Waals surface area contributed by atoms with Crippen LogP contribution in [-0.2, 0) is 76.0 Å². The average molecular weight is 1460 g/mol. The Kier molecular flexibility index (Phi) is 32.2. The molecule has 3 amide bonds. The molecule has 25 N–H and O–H groups in total. The number of unbranched alkanes of at least 4 members (excludes halogenated alkanes) is 2. The number of rotatable bonds is 35. The fourth-order valence-electron chi connectivity index (χ4n) is 11.3. The van der Waals surface area contributed by atoms with Crippen LogP contribution >= 0.6 is 0 Å². The van der Waals surface area contributed by atoms with Crippen molar-refractivity contribution in [3.63, 3.8) is 0 Å². The minimum absolute atomic E-state index is 0.0243. The van der Waals surface area contributed by atoms with Gasteiger partial charge < -0.3 is 190 Å². The Balaban J connectivity index is 0.975. The van der Waals surface area contributed by atoms with Crippen molar-refractivity contribution in [3.8, 4) is 11.8 Å². The zero-order valence-electron chi connectivity index (χ0n) is 53.4. The second-order valence-corrected chi connectivity index (χ2v) is 24.3. The van der Waals surface area contributed by atoms with Crippen LogP contribution in [0.1, 0.15) is 25.7 Å². The fraction of sp³-hybridized carbons (Fsp3) is 0.857. The van der Waals surface area contributed by atoms with Crippen LogP contribution in [0.25, 0.3) is 0 Å². The smallest absolute Gasteiger partial charge is 0.333 e. The Morgan fingerprint density at radius 2 is 0.700 bits per heavy atom. The van der Waals surface area contributed by atoms with E-state index in [4.69, 9.17) is 61.7 Å². The lowest BCUT2D eigenvalue weighted by Crippen LogP contribution is -2.65. The van der Waals surface area contributed by atoms with Gasteiger partial charge in [-0.05, 0) is 12.8 Å². The van der Waals surface area contributed by atoms with Crippen molar-refractivity contribution in [1.29, 1.82) is 0 Å². The SMILES string of the molecule is O=C(CN(CC(=O)NCCOC1OC(COC2OC(CO)C(O)C(O)C2O)C(O)C(OC2OC(CO)C(O)C(O)C2O)C1O)CC(=O)NCCOC1OC(COC2OC(CO)C(O)C(O)C2O)C(O)C(OC2OC(CO)C(O)C(O)C2O)C1O)NCCCCCC(=O)On1c(O)ccc1O. The lowest BCUT2D eigenvalue weighted by molar-refractivity contribution is -0.366. The van der Waals surface area contributed by atoms with Gasteiger partial charge in [0.05, 0.1) is 72.5 Å². The molecule has 0 saturated carbocycles. The molecule has 30 unspecified atom stereocenters. The summed E-state index contributed by atoms with van der Waals surface area (Å²) in [7, 11) is 0. The average Bonchev–Trinajstić information content (AvgIpc) is 0.792. The number of amides is 3. The fourth-order valence-corrected chi connectivity index (χ4v) is 11.3. The predicted molar refractivity (Wildman–Crippen MR) is 313 cm³/mol. The molecule has 0 radical (unpaired) electrons. The second-order valence-electron chi connectivity index (χ2n) is 24.3. The van der Waals surface area contributed by atoms with Gasteiger partial charge in [-0.2, -0.15) is 0 Å². The number of aliphatic hydroxyl groups excluding tert-OH is 20. The van der Waals surface area contributed by atoms with E-state index in [0.717, 1.165) is 17.0 Å². The predicted octanol–water partition coefficient (Wildman–Crippen LogP) is -16.0. The maximum Gasteiger partial charge on any atom is 0.333 e. The lowest BCUT2D eigenvalue weighted by atomic mass is 9.96. The van der Waals surface area contributed by atoms with Crippen LogP contribution in [0.2, 0.25) is 0 Å². The molecule has 44 heteroatoms. The van der Waals surface area contributed by atoms with Crippen LogP contribution in [0.3, 0.4) is 0 Å². The number of hydrogen-bond acceptors (Lipinski definition) is 40. The molecular weight excluding hydrogens is 1370 g/mol. The van der Waals surface area contributed by atoms with Gasteiger partial charge in [0.15, 0.2) is 37.7 Å². The second kappa shape index (κ2) is 39.0. The molecule has 1 aromatic rings. The van der Waals surface area contributed by atoms with Gasteiger partial charge in [-0.15, -0.1) is 4.73 Å². The molecule has 576 valence electrons. The molecule has 30 atom stereocenters. The molecule has 1 aromatic heterocycles. The Morgan fingerprint density at radius 1 is 0.380 bits per heavy atom. The molecule has 6 saturated heterocycles. The molecule has 0 spiro atoms. The van der Waals surface area contributed by atoms with Crippen molar-refractivity contribution in [2.24, 2.45) is 0 Å². The van der Waals surface area contributed by atoms with Crippen LogP contribution in [0.5, 0.6) is 11.8 Å². The maximum atomic E-state index is 13.6. The van der Waals surface area contributed by atoms with Gasteiger partial charge in [0.1, 0.15) is 146 Å². The summed E-state index contributed by atoms with van der Waals surface area (Å²) in [5, 5.41) is 237. The summed E-state index contributed by atoms with van der Waals surface area (Å²) in [6.07, 6.45) is -54.3. The number of carbonyl (C=O) groups is 4. The highest BCUT2D eigenvalue weighted by Crippen LogP contribution is 2.34. The number of aromatic hydroxyl groups is 2. The molecule has 0 bridgehead atoms. The van der Waals surface area contributed by atoms with E-state index >= 15 is 0 Å². The first-order valence-electron chi connectivity index (χ1n) is 31.9. The Morgan fingerprint density at radius 3 is 1.06 bits per heavy atom. The van der Waals surface area contributed by atoms with Crippen molar-refractivity contribution in [3.05, 3.63) is 12.1 Å².